The molecule has 106 valence electrons. The van der Waals surface area contributed by atoms with E-state index < -0.39 is 0 Å². The Kier molecular flexibility index (Phi) is 4.96. The van der Waals surface area contributed by atoms with Crippen molar-refractivity contribution in [2.75, 3.05) is 27.2 Å². The molecular formula is C14H15BrClN3O. The molecule has 1 N–H and O–H groups in total. The van der Waals surface area contributed by atoms with E-state index in [1.165, 1.54) is 0 Å². The number of pyridine rings is 1. The van der Waals surface area contributed by atoms with Gasteiger partial charge in [-0.15, -0.1) is 0 Å². The van der Waals surface area contributed by atoms with Crippen molar-refractivity contribution >= 4 is 44.3 Å². The number of nitrogens with zero attached hydrogens (tertiary/aromatic N) is 2. The van der Waals surface area contributed by atoms with Gasteiger partial charge in [0.05, 0.1) is 11.1 Å². The monoisotopic (exact) mass is 355 g/mol. The fraction of sp³-hybridized carbons (Fsp3) is 0.286. The molecule has 2 rings (SSSR count). The normalized spacial score (nSPS) is 11.1. The van der Waals surface area contributed by atoms with E-state index in [0.717, 1.165) is 21.9 Å². The second-order valence-electron chi connectivity index (χ2n) is 4.72. The third-order valence-corrected chi connectivity index (χ3v) is 3.60. The van der Waals surface area contributed by atoms with Crippen LogP contribution in [0.15, 0.2) is 28.7 Å². The zero-order valence-corrected chi connectivity index (χ0v) is 13.6. The Morgan fingerprint density at radius 2 is 2.15 bits per heavy atom. The van der Waals surface area contributed by atoms with Crippen LogP contribution in [0.2, 0.25) is 5.15 Å². The van der Waals surface area contributed by atoms with Crippen LogP contribution in [0, 0.1) is 0 Å². The van der Waals surface area contributed by atoms with Gasteiger partial charge in [0.1, 0.15) is 5.15 Å². The van der Waals surface area contributed by atoms with Crippen LogP contribution < -0.4 is 5.32 Å². The van der Waals surface area contributed by atoms with Crippen molar-refractivity contribution in [3.05, 3.63) is 39.5 Å². The van der Waals surface area contributed by atoms with Crippen molar-refractivity contribution in [2.45, 2.75) is 0 Å². The average Bonchev–Trinajstić information content (AvgIpc) is 2.38. The summed E-state index contributed by atoms with van der Waals surface area (Å²) in [4.78, 5) is 18.4. The molecule has 0 atom stereocenters. The zero-order valence-electron chi connectivity index (χ0n) is 11.3. The molecule has 0 aliphatic heterocycles. The Morgan fingerprint density at radius 3 is 2.85 bits per heavy atom. The fourth-order valence-corrected chi connectivity index (χ4v) is 2.38. The molecule has 4 nitrogen and oxygen atoms in total. The topological polar surface area (TPSA) is 45.2 Å². The number of likely N-dealkylation sites (N-methyl/N-ethyl adjacent to an activating group) is 1. The van der Waals surface area contributed by atoms with E-state index in [-0.39, 0.29) is 11.1 Å². The van der Waals surface area contributed by atoms with Crippen molar-refractivity contribution in [1.82, 2.24) is 15.2 Å². The van der Waals surface area contributed by atoms with Gasteiger partial charge in [0, 0.05) is 22.9 Å². The highest BCUT2D eigenvalue weighted by molar-refractivity contribution is 9.10. The van der Waals surface area contributed by atoms with Crippen LogP contribution in [0.1, 0.15) is 10.4 Å². The van der Waals surface area contributed by atoms with Gasteiger partial charge in [0.25, 0.3) is 5.91 Å². The van der Waals surface area contributed by atoms with E-state index >= 15 is 0 Å². The predicted molar refractivity (Wildman–Crippen MR) is 85.3 cm³/mol. The number of fused-ring (bicyclic) bond motifs is 1. The molecule has 0 radical (unpaired) electrons. The minimum atomic E-state index is -0.203. The SMILES string of the molecule is CN(C)CCNC(=O)c1cc2cc(Br)ccc2nc1Cl. The second kappa shape index (κ2) is 6.52. The number of carbonyl (C=O) groups is 1. The van der Waals surface area contributed by atoms with Gasteiger partial charge in [0.2, 0.25) is 0 Å². The second-order valence-corrected chi connectivity index (χ2v) is 6.00. The molecule has 1 aromatic heterocycles. The first-order valence-corrected chi connectivity index (χ1v) is 7.33. The highest BCUT2D eigenvalue weighted by atomic mass is 79.9. The maximum atomic E-state index is 12.1. The minimum Gasteiger partial charge on any atom is -0.351 e. The van der Waals surface area contributed by atoms with E-state index in [9.17, 15) is 4.79 Å². The maximum Gasteiger partial charge on any atom is 0.254 e. The molecule has 1 aromatic carbocycles. The number of aromatic nitrogens is 1. The number of nitrogens with one attached hydrogen (secondary N) is 1. The van der Waals surface area contributed by atoms with Crippen LogP contribution in [0.4, 0.5) is 0 Å². The lowest BCUT2D eigenvalue weighted by Gasteiger charge is -2.11. The molecule has 0 fully saturated rings. The summed E-state index contributed by atoms with van der Waals surface area (Å²) in [5, 5.41) is 3.93. The number of benzene rings is 1. The van der Waals surface area contributed by atoms with Gasteiger partial charge in [-0.2, -0.15) is 0 Å². The molecule has 0 saturated carbocycles. The third kappa shape index (κ3) is 3.69. The van der Waals surface area contributed by atoms with Crippen molar-refractivity contribution in [3.63, 3.8) is 0 Å². The van der Waals surface area contributed by atoms with Gasteiger partial charge in [-0.05, 0) is 38.4 Å². The van der Waals surface area contributed by atoms with Gasteiger partial charge in [0.15, 0.2) is 0 Å². The third-order valence-electron chi connectivity index (χ3n) is 2.82. The molecule has 0 bridgehead atoms. The van der Waals surface area contributed by atoms with Gasteiger partial charge in [-0.1, -0.05) is 27.5 Å². The smallest absolute Gasteiger partial charge is 0.254 e. The highest BCUT2D eigenvalue weighted by Gasteiger charge is 2.12. The lowest BCUT2D eigenvalue weighted by atomic mass is 10.1. The Balaban J connectivity index is 2.24. The molecule has 0 aliphatic rings. The summed E-state index contributed by atoms with van der Waals surface area (Å²) in [5.74, 6) is -0.203. The van der Waals surface area contributed by atoms with E-state index in [0.29, 0.717) is 12.1 Å². The summed E-state index contributed by atoms with van der Waals surface area (Å²) < 4.78 is 0.938. The van der Waals surface area contributed by atoms with Gasteiger partial charge < -0.3 is 10.2 Å². The molecule has 0 unspecified atom stereocenters. The molecule has 0 saturated heterocycles. The lowest BCUT2D eigenvalue weighted by Crippen LogP contribution is -2.31. The summed E-state index contributed by atoms with van der Waals surface area (Å²) in [6.45, 7) is 1.34. The van der Waals surface area contributed by atoms with Crippen LogP contribution in [0.25, 0.3) is 10.9 Å². The summed E-state index contributed by atoms with van der Waals surface area (Å²) >= 11 is 9.49. The summed E-state index contributed by atoms with van der Waals surface area (Å²) in [7, 11) is 3.91. The van der Waals surface area contributed by atoms with E-state index in [4.69, 9.17) is 11.6 Å². The van der Waals surface area contributed by atoms with Crippen LogP contribution in [0.5, 0.6) is 0 Å². The minimum absolute atomic E-state index is 0.203. The summed E-state index contributed by atoms with van der Waals surface area (Å²) in [6, 6.07) is 7.43. The summed E-state index contributed by atoms with van der Waals surface area (Å²) in [6.07, 6.45) is 0. The number of rotatable bonds is 4. The Bertz CT molecular complexity index is 646. The molecule has 0 spiro atoms. The van der Waals surface area contributed by atoms with Crippen molar-refractivity contribution in [2.24, 2.45) is 0 Å². The first-order valence-electron chi connectivity index (χ1n) is 6.16. The number of hydrogen-bond donors (Lipinski definition) is 1. The Hall–Kier alpha value is -1.17. The van der Waals surface area contributed by atoms with Crippen molar-refractivity contribution < 1.29 is 4.79 Å². The average molecular weight is 357 g/mol. The number of amides is 1. The summed E-state index contributed by atoms with van der Waals surface area (Å²) in [5.41, 5.74) is 1.17. The number of halogens is 2. The van der Waals surface area contributed by atoms with Gasteiger partial charge in [-0.3, -0.25) is 4.79 Å². The molecule has 2 aromatic rings. The van der Waals surface area contributed by atoms with Crippen LogP contribution in [-0.4, -0.2) is 43.0 Å². The van der Waals surface area contributed by atoms with E-state index in [1.807, 2.05) is 37.2 Å². The van der Waals surface area contributed by atoms with Crippen molar-refractivity contribution in [3.8, 4) is 0 Å². The Labute approximate surface area is 131 Å². The van der Waals surface area contributed by atoms with Crippen LogP contribution >= 0.6 is 27.5 Å². The van der Waals surface area contributed by atoms with E-state index in [1.54, 1.807) is 6.07 Å². The maximum absolute atomic E-state index is 12.1. The van der Waals surface area contributed by atoms with Crippen molar-refractivity contribution in [1.29, 1.82) is 0 Å². The van der Waals surface area contributed by atoms with Gasteiger partial charge >= 0.3 is 0 Å². The molecule has 0 aliphatic carbocycles. The predicted octanol–water partition coefficient (Wildman–Crippen LogP) is 2.94. The first-order chi connectivity index (χ1) is 9.47. The number of hydrogen-bond acceptors (Lipinski definition) is 3. The van der Waals surface area contributed by atoms with Crippen LogP contribution in [-0.2, 0) is 0 Å². The molecule has 1 amide bonds. The van der Waals surface area contributed by atoms with Crippen LogP contribution in [0.3, 0.4) is 0 Å². The molecule has 1 heterocycles. The first kappa shape index (κ1) is 15.2. The lowest BCUT2D eigenvalue weighted by molar-refractivity contribution is 0.0951. The molecular weight excluding hydrogens is 342 g/mol. The van der Waals surface area contributed by atoms with E-state index in [2.05, 4.69) is 26.2 Å². The quantitative estimate of drug-likeness (QED) is 0.857. The fourth-order valence-electron chi connectivity index (χ4n) is 1.77. The van der Waals surface area contributed by atoms with Gasteiger partial charge in [-0.25, -0.2) is 4.98 Å². The Morgan fingerprint density at radius 1 is 1.40 bits per heavy atom. The highest BCUT2D eigenvalue weighted by Crippen LogP contribution is 2.23. The standard InChI is InChI=1S/C14H15BrClN3O/c1-19(2)6-5-17-14(20)11-8-9-7-10(15)3-4-12(9)18-13(11)16/h3-4,7-8H,5-6H2,1-2H3,(H,17,20). The largest absolute Gasteiger partial charge is 0.351 e. The number of carbonyl (C=O) groups excluding carboxylic acids is 1. The zero-order chi connectivity index (χ0) is 14.7. The molecule has 20 heavy (non-hydrogen) atoms. The molecule has 6 heteroatoms.